The van der Waals surface area contributed by atoms with Crippen LogP contribution < -0.4 is 0 Å². The van der Waals surface area contributed by atoms with Crippen LogP contribution in [0.3, 0.4) is 0 Å². The number of rotatable bonds is 7. The van der Waals surface area contributed by atoms with Gasteiger partial charge in [0.2, 0.25) is 0 Å². The first-order valence-electron chi connectivity index (χ1n) is 7.42. The van der Waals surface area contributed by atoms with Gasteiger partial charge in [0, 0.05) is 12.3 Å². The number of hydrogen-bond acceptors (Lipinski definition) is 2. The summed E-state index contributed by atoms with van der Waals surface area (Å²) < 4.78 is 0. The van der Waals surface area contributed by atoms with Gasteiger partial charge in [-0.15, -0.1) is 11.6 Å². The Morgan fingerprint density at radius 1 is 1.05 bits per heavy atom. The smallest absolute Gasteiger partial charge is 0.166 e. The topological polar surface area (TPSA) is 34.1 Å². The van der Waals surface area contributed by atoms with Gasteiger partial charge in [-0.2, -0.15) is 0 Å². The molecule has 2 aromatic carbocycles. The predicted molar refractivity (Wildman–Crippen MR) is 92.2 cm³/mol. The van der Waals surface area contributed by atoms with Crippen LogP contribution in [0.5, 0.6) is 0 Å². The number of ketones is 2. The molecule has 3 heteroatoms. The van der Waals surface area contributed by atoms with Gasteiger partial charge in [0.15, 0.2) is 11.6 Å². The van der Waals surface area contributed by atoms with Crippen LogP contribution in [0, 0.1) is 0 Å². The number of unbranched alkanes of at least 4 members (excludes halogenated alkanes) is 1. The Kier molecular flexibility index (Phi) is 5.91. The number of allylic oxidation sites excluding steroid dienone is 1. The van der Waals surface area contributed by atoms with Crippen molar-refractivity contribution in [2.75, 3.05) is 5.88 Å². The molecule has 0 aromatic heterocycles. The van der Waals surface area contributed by atoms with Gasteiger partial charge in [-0.1, -0.05) is 36.4 Å². The SMILES string of the molecule is CC(=O)/C(=C\c1ccc2ccccc2c1)C(=O)CCCCCl. The first kappa shape index (κ1) is 16.4. The summed E-state index contributed by atoms with van der Waals surface area (Å²) in [6.07, 6.45) is 3.56. The highest BCUT2D eigenvalue weighted by Crippen LogP contribution is 2.19. The van der Waals surface area contributed by atoms with Gasteiger partial charge in [0.1, 0.15) is 0 Å². The Morgan fingerprint density at radius 2 is 1.77 bits per heavy atom. The average molecular weight is 315 g/mol. The Bertz CT molecular complexity index is 716. The van der Waals surface area contributed by atoms with Crippen LogP contribution in [-0.4, -0.2) is 17.4 Å². The van der Waals surface area contributed by atoms with Crippen molar-refractivity contribution in [1.82, 2.24) is 0 Å². The maximum absolute atomic E-state index is 12.2. The summed E-state index contributed by atoms with van der Waals surface area (Å²) in [7, 11) is 0. The number of benzene rings is 2. The zero-order valence-electron chi connectivity index (χ0n) is 12.6. The summed E-state index contributed by atoms with van der Waals surface area (Å²) in [5.41, 5.74) is 1.14. The van der Waals surface area contributed by atoms with Gasteiger partial charge in [-0.3, -0.25) is 9.59 Å². The Labute approximate surface area is 135 Å². The van der Waals surface area contributed by atoms with Gasteiger partial charge < -0.3 is 0 Å². The van der Waals surface area contributed by atoms with Gasteiger partial charge >= 0.3 is 0 Å². The second kappa shape index (κ2) is 7.90. The van der Waals surface area contributed by atoms with Crippen LogP contribution in [0.15, 0.2) is 48.0 Å². The van der Waals surface area contributed by atoms with E-state index >= 15 is 0 Å². The highest BCUT2D eigenvalue weighted by Gasteiger charge is 2.14. The van der Waals surface area contributed by atoms with Crippen molar-refractivity contribution in [1.29, 1.82) is 0 Å². The van der Waals surface area contributed by atoms with Crippen LogP contribution in [0.4, 0.5) is 0 Å². The third-order valence-corrected chi connectivity index (χ3v) is 3.82. The highest BCUT2D eigenvalue weighted by atomic mass is 35.5. The van der Waals surface area contributed by atoms with Crippen molar-refractivity contribution in [3.63, 3.8) is 0 Å². The molecule has 0 fully saturated rings. The summed E-state index contributed by atoms with van der Waals surface area (Å²) in [6.45, 7) is 1.44. The minimum Gasteiger partial charge on any atom is -0.294 e. The lowest BCUT2D eigenvalue weighted by molar-refractivity contribution is -0.120. The third kappa shape index (κ3) is 4.28. The zero-order chi connectivity index (χ0) is 15.9. The summed E-state index contributed by atoms with van der Waals surface area (Å²) in [5, 5.41) is 2.23. The Morgan fingerprint density at radius 3 is 2.45 bits per heavy atom. The molecule has 0 aliphatic rings. The molecule has 2 aromatic rings. The monoisotopic (exact) mass is 314 g/mol. The lowest BCUT2D eigenvalue weighted by Crippen LogP contribution is -2.10. The molecule has 0 spiro atoms. The molecule has 22 heavy (non-hydrogen) atoms. The Balaban J connectivity index is 2.27. The average Bonchev–Trinajstić information content (AvgIpc) is 2.52. The van der Waals surface area contributed by atoms with E-state index in [9.17, 15) is 9.59 Å². The van der Waals surface area contributed by atoms with E-state index in [1.165, 1.54) is 6.92 Å². The summed E-state index contributed by atoms with van der Waals surface area (Å²) in [6, 6.07) is 13.9. The van der Waals surface area contributed by atoms with E-state index in [-0.39, 0.29) is 17.1 Å². The second-order valence-electron chi connectivity index (χ2n) is 5.29. The molecule has 0 amide bonds. The van der Waals surface area contributed by atoms with E-state index in [4.69, 9.17) is 11.6 Å². The molecule has 0 bridgehead atoms. The van der Waals surface area contributed by atoms with Crippen LogP contribution in [0.2, 0.25) is 0 Å². The quantitative estimate of drug-likeness (QED) is 0.242. The minimum atomic E-state index is -0.191. The number of carbonyl (C=O) groups excluding carboxylic acids is 2. The van der Waals surface area contributed by atoms with E-state index in [1.54, 1.807) is 6.08 Å². The maximum atomic E-state index is 12.2. The fourth-order valence-corrected chi connectivity index (χ4v) is 2.55. The molecule has 114 valence electrons. The lowest BCUT2D eigenvalue weighted by Gasteiger charge is -2.04. The summed E-state index contributed by atoms with van der Waals surface area (Å²) >= 11 is 5.62. The van der Waals surface area contributed by atoms with Crippen LogP contribution in [-0.2, 0) is 9.59 Å². The van der Waals surface area contributed by atoms with E-state index in [1.807, 2.05) is 42.5 Å². The van der Waals surface area contributed by atoms with E-state index < -0.39 is 0 Å². The summed E-state index contributed by atoms with van der Waals surface area (Å²) in [4.78, 5) is 24.0. The molecule has 0 atom stereocenters. The van der Waals surface area contributed by atoms with Gasteiger partial charge in [-0.25, -0.2) is 0 Å². The molecule has 0 saturated heterocycles. The zero-order valence-corrected chi connectivity index (χ0v) is 13.4. The molecule has 0 aliphatic heterocycles. The molecule has 2 rings (SSSR count). The Hall–Kier alpha value is -1.93. The lowest BCUT2D eigenvalue weighted by atomic mass is 9.99. The molecule has 0 aliphatic carbocycles. The molecular formula is C19H19ClO2. The largest absolute Gasteiger partial charge is 0.294 e. The molecule has 2 nitrogen and oxygen atoms in total. The van der Waals surface area contributed by atoms with E-state index in [0.29, 0.717) is 18.7 Å². The van der Waals surface area contributed by atoms with Crippen molar-refractivity contribution in [3.8, 4) is 0 Å². The molecule has 0 N–H and O–H groups in total. The molecule has 0 unspecified atom stereocenters. The molecule has 0 radical (unpaired) electrons. The van der Waals surface area contributed by atoms with Crippen LogP contribution in [0.25, 0.3) is 16.8 Å². The standard InChI is InChI=1S/C19H19ClO2/c1-14(21)18(19(22)8-4-5-11-20)13-15-9-10-16-6-2-3-7-17(16)12-15/h2-3,6-7,9-10,12-13H,4-5,8,11H2,1H3/b18-13+. The van der Waals surface area contributed by atoms with Crippen LogP contribution in [0.1, 0.15) is 31.7 Å². The fourth-order valence-electron chi connectivity index (χ4n) is 2.36. The highest BCUT2D eigenvalue weighted by molar-refractivity contribution is 6.22. The number of fused-ring (bicyclic) bond motifs is 1. The van der Waals surface area contributed by atoms with Gasteiger partial charge in [0.25, 0.3) is 0 Å². The molecule has 0 heterocycles. The molecule has 0 saturated carbocycles. The predicted octanol–water partition coefficient (Wildman–Crippen LogP) is 4.79. The van der Waals surface area contributed by atoms with Gasteiger partial charge in [-0.05, 0) is 48.2 Å². The van der Waals surface area contributed by atoms with Crippen LogP contribution >= 0.6 is 11.6 Å². The van der Waals surface area contributed by atoms with Crippen molar-refractivity contribution in [3.05, 3.63) is 53.6 Å². The fraction of sp³-hybridized carbons (Fsp3) is 0.263. The number of halogens is 1. The number of Topliss-reactive ketones (excluding diaryl/α,β-unsaturated/α-hetero) is 2. The van der Waals surface area contributed by atoms with Crippen molar-refractivity contribution < 1.29 is 9.59 Å². The molecular weight excluding hydrogens is 296 g/mol. The first-order chi connectivity index (χ1) is 10.6. The number of carbonyl (C=O) groups is 2. The van der Waals surface area contributed by atoms with E-state index in [0.717, 1.165) is 22.8 Å². The van der Waals surface area contributed by atoms with E-state index in [2.05, 4.69) is 0 Å². The summed E-state index contributed by atoms with van der Waals surface area (Å²) in [5.74, 6) is 0.242. The normalized spacial score (nSPS) is 11.6. The number of alkyl halides is 1. The maximum Gasteiger partial charge on any atom is 0.166 e. The number of hydrogen-bond donors (Lipinski definition) is 0. The van der Waals surface area contributed by atoms with Crippen molar-refractivity contribution in [2.24, 2.45) is 0 Å². The second-order valence-corrected chi connectivity index (χ2v) is 5.67. The first-order valence-corrected chi connectivity index (χ1v) is 7.96. The van der Waals surface area contributed by atoms with Crippen molar-refractivity contribution >= 4 is 40.0 Å². The van der Waals surface area contributed by atoms with Gasteiger partial charge in [0.05, 0.1) is 5.57 Å². The van der Waals surface area contributed by atoms with Crippen molar-refractivity contribution in [2.45, 2.75) is 26.2 Å². The minimum absolute atomic E-state index is 0.106. The third-order valence-electron chi connectivity index (χ3n) is 3.55.